The molecule has 0 fully saturated rings. The van der Waals surface area contributed by atoms with Crippen molar-refractivity contribution in [3.05, 3.63) is 0 Å². The van der Waals surface area contributed by atoms with Crippen molar-refractivity contribution < 1.29 is 9.23 Å². The molecule has 79 valence electrons. The van der Waals surface area contributed by atoms with Crippen LogP contribution in [0.25, 0.3) is 0 Å². The minimum atomic E-state index is -0.215. The first-order valence-electron chi connectivity index (χ1n) is 5.26. The lowest BCUT2D eigenvalue weighted by Gasteiger charge is -2.01. The van der Waals surface area contributed by atoms with Gasteiger partial charge in [-0.15, -0.1) is 0 Å². The van der Waals surface area contributed by atoms with E-state index in [1.54, 1.807) is 0 Å². The highest BCUT2D eigenvalue weighted by molar-refractivity contribution is 4.40. The van der Waals surface area contributed by atoms with Gasteiger partial charge in [-0.1, -0.05) is 25.2 Å². The maximum absolute atomic E-state index is 11.6. The summed E-state index contributed by atoms with van der Waals surface area (Å²) in [5.41, 5.74) is 3.91. The molecule has 0 aliphatic rings. The van der Waals surface area contributed by atoms with Crippen LogP contribution in [0.2, 0.25) is 0 Å². The number of unbranched alkanes of at least 4 members (excludes halogenated alkanes) is 4. The SMILES string of the molecule is CCCCC[N]OCCCCCF. The summed E-state index contributed by atoms with van der Waals surface area (Å²) in [7, 11) is 0. The second-order valence-corrected chi connectivity index (χ2v) is 3.14. The third-order valence-corrected chi connectivity index (χ3v) is 1.81. The molecule has 0 aliphatic heterocycles. The van der Waals surface area contributed by atoms with Crippen molar-refractivity contribution in [2.24, 2.45) is 0 Å². The largest absolute Gasteiger partial charge is 0.282 e. The first-order valence-corrected chi connectivity index (χ1v) is 5.26. The van der Waals surface area contributed by atoms with Crippen LogP contribution >= 0.6 is 0 Å². The molecule has 1 radical (unpaired) electrons. The van der Waals surface area contributed by atoms with Gasteiger partial charge in [-0.2, -0.15) is 0 Å². The molecule has 0 unspecified atom stereocenters. The number of hydroxylamine groups is 1. The highest BCUT2D eigenvalue weighted by Crippen LogP contribution is 1.96. The second kappa shape index (κ2) is 11.8. The standard InChI is InChI=1S/C10H21FNO/c1-2-3-6-9-12-13-10-7-4-5-8-11/h2-10H2,1H3. The number of alkyl halides is 1. The van der Waals surface area contributed by atoms with E-state index in [4.69, 9.17) is 4.84 Å². The average molecular weight is 190 g/mol. The molecule has 0 aromatic heterocycles. The minimum Gasteiger partial charge on any atom is -0.282 e. The van der Waals surface area contributed by atoms with Gasteiger partial charge in [0.1, 0.15) is 0 Å². The van der Waals surface area contributed by atoms with Gasteiger partial charge in [0.2, 0.25) is 0 Å². The lowest BCUT2D eigenvalue weighted by Crippen LogP contribution is -2.09. The van der Waals surface area contributed by atoms with Gasteiger partial charge in [0.15, 0.2) is 0 Å². The van der Waals surface area contributed by atoms with Gasteiger partial charge in [0.25, 0.3) is 0 Å². The molecular formula is C10H21FNO. The normalized spacial score (nSPS) is 10.6. The van der Waals surface area contributed by atoms with E-state index in [0.717, 1.165) is 25.8 Å². The van der Waals surface area contributed by atoms with Crippen LogP contribution in [0.3, 0.4) is 0 Å². The zero-order valence-corrected chi connectivity index (χ0v) is 8.60. The fourth-order valence-electron chi connectivity index (χ4n) is 0.993. The van der Waals surface area contributed by atoms with Crippen molar-refractivity contribution in [2.45, 2.75) is 45.4 Å². The molecule has 0 rings (SSSR count). The van der Waals surface area contributed by atoms with Crippen LogP contribution in [0.5, 0.6) is 0 Å². The van der Waals surface area contributed by atoms with Crippen LogP contribution in [-0.4, -0.2) is 19.8 Å². The number of hydrogen-bond acceptors (Lipinski definition) is 1. The molecule has 0 aromatic carbocycles. The van der Waals surface area contributed by atoms with Gasteiger partial charge in [0.05, 0.1) is 13.3 Å². The van der Waals surface area contributed by atoms with Crippen molar-refractivity contribution in [3.63, 3.8) is 0 Å². The number of hydrogen-bond donors (Lipinski definition) is 0. The molecule has 0 amide bonds. The van der Waals surface area contributed by atoms with E-state index in [0.29, 0.717) is 13.0 Å². The summed E-state index contributed by atoms with van der Waals surface area (Å²) in [6.45, 7) is 3.40. The fraction of sp³-hybridized carbons (Fsp3) is 1.00. The van der Waals surface area contributed by atoms with E-state index in [9.17, 15) is 4.39 Å². The lowest BCUT2D eigenvalue weighted by molar-refractivity contribution is 0.0295. The predicted molar refractivity (Wildman–Crippen MR) is 52.3 cm³/mol. The first-order chi connectivity index (χ1) is 6.41. The van der Waals surface area contributed by atoms with Crippen LogP contribution in [0, 0.1) is 0 Å². The summed E-state index contributed by atoms with van der Waals surface area (Å²) in [4.78, 5) is 5.03. The van der Waals surface area contributed by atoms with Gasteiger partial charge in [-0.3, -0.25) is 9.23 Å². The van der Waals surface area contributed by atoms with Crippen LogP contribution in [-0.2, 0) is 4.84 Å². The summed E-state index contributed by atoms with van der Waals surface area (Å²) in [5, 5.41) is 0. The van der Waals surface area contributed by atoms with Crippen LogP contribution < -0.4 is 5.48 Å². The fourth-order valence-corrected chi connectivity index (χ4v) is 0.993. The predicted octanol–water partition coefficient (Wildman–Crippen LogP) is 2.85. The van der Waals surface area contributed by atoms with Crippen molar-refractivity contribution in [3.8, 4) is 0 Å². The quantitative estimate of drug-likeness (QED) is 0.384. The van der Waals surface area contributed by atoms with Crippen molar-refractivity contribution in [2.75, 3.05) is 19.8 Å². The van der Waals surface area contributed by atoms with E-state index in [1.807, 2.05) is 0 Å². The summed E-state index contributed by atoms with van der Waals surface area (Å²) in [5.74, 6) is 0. The number of nitrogens with zero attached hydrogens (tertiary/aromatic N) is 1. The molecule has 0 heterocycles. The molecular weight excluding hydrogens is 169 g/mol. The lowest BCUT2D eigenvalue weighted by atomic mass is 10.2. The van der Waals surface area contributed by atoms with Gasteiger partial charge in [-0.05, 0) is 25.7 Å². The summed E-state index contributed by atoms with van der Waals surface area (Å²) >= 11 is 0. The average Bonchev–Trinajstić information content (AvgIpc) is 2.16. The molecule has 13 heavy (non-hydrogen) atoms. The third kappa shape index (κ3) is 11.9. The Hall–Kier alpha value is -0.150. The Bertz CT molecular complexity index is 81.0. The number of rotatable bonds is 10. The minimum absolute atomic E-state index is 0.215. The van der Waals surface area contributed by atoms with E-state index in [-0.39, 0.29) is 6.67 Å². The van der Waals surface area contributed by atoms with E-state index >= 15 is 0 Å². The number of halogens is 1. The summed E-state index contributed by atoms with van der Waals surface area (Å²) < 4.78 is 11.6. The van der Waals surface area contributed by atoms with Crippen LogP contribution in [0.15, 0.2) is 0 Å². The Morgan fingerprint density at radius 1 is 1.08 bits per heavy atom. The first kappa shape index (κ1) is 12.8. The van der Waals surface area contributed by atoms with Gasteiger partial charge in [-0.25, -0.2) is 0 Å². The maximum atomic E-state index is 11.6. The Kier molecular flexibility index (Phi) is 11.7. The molecule has 0 spiro atoms. The van der Waals surface area contributed by atoms with Crippen molar-refractivity contribution in [1.29, 1.82) is 0 Å². The molecule has 0 aliphatic carbocycles. The van der Waals surface area contributed by atoms with E-state index in [2.05, 4.69) is 12.4 Å². The zero-order valence-electron chi connectivity index (χ0n) is 8.60. The van der Waals surface area contributed by atoms with Gasteiger partial charge >= 0.3 is 0 Å². The highest BCUT2D eigenvalue weighted by Gasteiger charge is 1.91. The second-order valence-electron chi connectivity index (χ2n) is 3.14. The molecule has 0 saturated carbocycles. The summed E-state index contributed by atoms with van der Waals surface area (Å²) in [6.07, 6.45) is 6.02. The molecule has 0 saturated heterocycles. The van der Waals surface area contributed by atoms with Gasteiger partial charge < -0.3 is 0 Å². The highest BCUT2D eigenvalue weighted by atomic mass is 19.1. The topological polar surface area (TPSA) is 23.3 Å². The molecule has 3 heteroatoms. The Morgan fingerprint density at radius 3 is 2.62 bits per heavy atom. The smallest absolute Gasteiger partial charge is 0.0894 e. The molecule has 0 atom stereocenters. The zero-order chi connectivity index (χ0) is 9.78. The Labute approximate surface area is 80.8 Å². The van der Waals surface area contributed by atoms with Crippen LogP contribution in [0.4, 0.5) is 4.39 Å². The van der Waals surface area contributed by atoms with E-state index < -0.39 is 0 Å². The molecule has 2 nitrogen and oxygen atoms in total. The molecule has 0 N–H and O–H groups in total. The molecule has 0 aromatic rings. The van der Waals surface area contributed by atoms with Crippen LogP contribution in [0.1, 0.15) is 45.4 Å². The Morgan fingerprint density at radius 2 is 1.92 bits per heavy atom. The van der Waals surface area contributed by atoms with Crippen molar-refractivity contribution >= 4 is 0 Å². The summed E-state index contributed by atoms with van der Waals surface area (Å²) in [6, 6.07) is 0. The third-order valence-electron chi connectivity index (χ3n) is 1.81. The maximum Gasteiger partial charge on any atom is 0.0894 e. The Balaban J connectivity index is 2.76. The van der Waals surface area contributed by atoms with Crippen molar-refractivity contribution in [1.82, 2.24) is 5.48 Å². The van der Waals surface area contributed by atoms with E-state index in [1.165, 1.54) is 12.8 Å². The molecule has 0 bridgehead atoms. The monoisotopic (exact) mass is 190 g/mol. The van der Waals surface area contributed by atoms with Gasteiger partial charge in [0, 0.05) is 6.54 Å².